The third-order valence-electron chi connectivity index (χ3n) is 3.96. The molecule has 0 saturated carbocycles. The van der Waals surface area contributed by atoms with Gasteiger partial charge in [-0.25, -0.2) is 0 Å². The van der Waals surface area contributed by atoms with Gasteiger partial charge in [-0.15, -0.1) is 0 Å². The van der Waals surface area contributed by atoms with Gasteiger partial charge in [-0.05, 0) is 24.6 Å². The summed E-state index contributed by atoms with van der Waals surface area (Å²) in [7, 11) is 0. The van der Waals surface area contributed by atoms with Crippen molar-refractivity contribution in [3.8, 4) is 0 Å². The number of aromatic nitrogens is 1. The topological polar surface area (TPSA) is 72.4 Å². The average molecular weight is 360 g/mol. The molecule has 1 aromatic carbocycles. The molecule has 1 atom stereocenters. The summed E-state index contributed by atoms with van der Waals surface area (Å²) in [6.45, 7) is 0.859. The van der Waals surface area contributed by atoms with E-state index in [4.69, 9.17) is 21.9 Å². The van der Waals surface area contributed by atoms with Gasteiger partial charge in [-0.1, -0.05) is 16.8 Å². The van der Waals surface area contributed by atoms with Gasteiger partial charge >= 0.3 is 6.18 Å². The van der Waals surface area contributed by atoms with Crippen LogP contribution in [-0.4, -0.2) is 29.1 Å². The smallest absolute Gasteiger partial charge is 0.368 e. The number of likely N-dealkylation sites (tertiary alicyclic amines) is 1. The Morgan fingerprint density at radius 1 is 1.38 bits per heavy atom. The molecule has 0 bridgehead atoms. The summed E-state index contributed by atoms with van der Waals surface area (Å²) in [6, 6.07) is 4.61. The van der Waals surface area contributed by atoms with E-state index >= 15 is 0 Å². The fraction of sp³-hybridized carbons (Fsp3) is 0.333. The van der Waals surface area contributed by atoms with E-state index in [1.807, 2.05) is 0 Å². The molecule has 0 spiro atoms. The van der Waals surface area contributed by atoms with Crippen LogP contribution in [0.2, 0.25) is 5.02 Å². The van der Waals surface area contributed by atoms with Crippen molar-refractivity contribution >= 4 is 23.4 Å². The lowest BCUT2D eigenvalue weighted by atomic mass is 10.1. The second kappa shape index (κ2) is 6.01. The normalized spacial score (nSPS) is 18.2. The van der Waals surface area contributed by atoms with Crippen LogP contribution in [0.25, 0.3) is 0 Å². The number of carbonyl (C=O) groups excluding carboxylic acids is 1. The maximum Gasteiger partial charge on any atom is 0.417 e. The van der Waals surface area contributed by atoms with Gasteiger partial charge in [-0.2, -0.15) is 13.2 Å². The van der Waals surface area contributed by atoms with Crippen LogP contribution in [0.5, 0.6) is 0 Å². The molecule has 9 heteroatoms. The molecule has 128 valence electrons. The Kier molecular flexibility index (Phi) is 4.16. The van der Waals surface area contributed by atoms with E-state index in [1.165, 1.54) is 0 Å². The maximum absolute atomic E-state index is 12.7. The summed E-state index contributed by atoms with van der Waals surface area (Å²) >= 11 is 5.67. The van der Waals surface area contributed by atoms with Gasteiger partial charge < -0.3 is 15.2 Å². The Morgan fingerprint density at radius 2 is 2.12 bits per heavy atom. The van der Waals surface area contributed by atoms with Crippen molar-refractivity contribution in [2.24, 2.45) is 0 Å². The van der Waals surface area contributed by atoms with Crippen molar-refractivity contribution in [1.82, 2.24) is 10.1 Å². The number of halogens is 4. The van der Waals surface area contributed by atoms with Gasteiger partial charge in [0.25, 0.3) is 5.91 Å². The minimum absolute atomic E-state index is 0.0140. The van der Waals surface area contributed by atoms with Crippen LogP contribution < -0.4 is 5.73 Å². The highest BCUT2D eigenvalue weighted by Gasteiger charge is 2.34. The third-order valence-corrected chi connectivity index (χ3v) is 4.27. The predicted molar refractivity (Wildman–Crippen MR) is 80.6 cm³/mol. The molecule has 2 heterocycles. The summed E-state index contributed by atoms with van der Waals surface area (Å²) in [5.74, 6) is -0.186. The van der Waals surface area contributed by atoms with Gasteiger partial charge in [0, 0.05) is 30.6 Å². The lowest BCUT2D eigenvalue weighted by molar-refractivity contribution is -0.137. The van der Waals surface area contributed by atoms with Gasteiger partial charge in [0.2, 0.25) is 5.88 Å². The lowest BCUT2D eigenvalue weighted by Gasteiger charge is -2.17. The lowest BCUT2D eigenvalue weighted by Crippen LogP contribution is -2.28. The molecule has 1 amide bonds. The summed E-state index contributed by atoms with van der Waals surface area (Å²) in [5, 5.41) is 3.34. The van der Waals surface area contributed by atoms with Gasteiger partial charge in [0.15, 0.2) is 0 Å². The molecule has 2 aromatic rings. The summed E-state index contributed by atoms with van der Waals surface area (Å²) in [6.07, 6.45) is -3.88. The number of anilines is 1. The molecule has 1 saturated heterocycles. The number of amides is 1. The van der Waals surface area contributed by atoms with E-state index < -0.39 is 16.8 Å². The van der Waals surface area contributed by atoms with Gasteiger partial charge in [-0.3, -0.25) is 4.79 Å². The molecule has 5 nitrogen and oxygen atoms in total. The molecule has 1 aliphatic heterocycles. The maximum atomic E-state index is 12.7. The highest BCUT2D eigenvalue weighted by molar-refractivity contribution is 6.31. The first-order chi connectivity index (χ1) is 11.3. The van der Waals surface area contributed by atoms with Crippen LogP contribution >= 0.6 is 11.6 Å². The summed E-state index contributed by atoms with van der Waals surface area (Å²) in [4.78, 5) is 14.0. The van der Waals surface area contributed by atoms with E-state index in [1.54, 1.807) is 11.0 Å². The first-order valence-electron chi connectivity index (χ1n) is 7.14. The van der Waals surface area contributed by atoms with Crippen LogP contribution in [0.4, 0.5) is 19.1 Å². The van der Waals surface area contributed by atoms with Crippen molar-refractivity contribution in [2.45, 2.75) is 18.5 Å². The number of nitrogens with zero attached hydrogens (tertiary/aromatic N) is 2. The first kappa shape index (κ1) is 16.6. The minimum atomic E-state index is -4.55. The quantitative estimate of drug-likeness (QED) is 0.889. The molecule has 1 fully saturated rings. The highest BCUT2D eigenvalue weighted by atomic mass is 35.5. The molecule has 1 aromatic heterocycles. The van der Waals surface area contributed by atoms with E-state index in [0.29, 0.717) is 25.2 Å². The summed E-state index contributed by atoms with van der Waals surface area (Å²) < 4.78 is 43.0. The monoisotopic (exact) mass is 359 g/mol. The molecule has 1 aliphatic rings. The number of nitrogens with two attached hydrogens (primary N) is 1. The molecule has 0 radical (unpaired) electrons. The van der Waals surface area contributed by atoms with E-state index in [0.717, 1.165) is 18.2 Å². The summed E-state index contributed by atoms with van der Waals surface area (Å²) in [5.41, 5.74) is 5.30. The number of benzene rings is 1. The number of rotatable bonds is 2. The standard InChI is InChI=1S/C15H13ClF3N3O2/c16-11-5-8(1-2-10(11)15(17,18)19)14(23)22-4-3-9(7-22)12-6-13(20)24-21-12/h1-2,5-6,9H,3-4,7,20H2. The molecular weight excluding hydrogens is 347 g/mol. The van der Waals surface area contributed by atoms with Crippen molar-refractivity contribution < 1.29 is 22.5 Å². The molecule has 1 unspecified atom stereocenters. The zero-order valence-corrected chi connectivity index (χ0v) is 13.1. The minimum Gasteiger partial charge on any atom is -0.368 e. The Labute approximate surface area is 140 Å². The van der Waals surface area contributed by atoms with Gasteiger partial charge in [0.05, 0.1) is 16.3 Å². The fourth-order valence-corrected chi connectivity index (χ4v) is 3.03. The third kappa shape index (κ3) is 3.19. The molecule has 2 N–H and O–H groups in total. The number of hydrogen-bond donors (Lipinski definition) is 1. The Bertz CT molecular complexity index is 776. The molecule has 24 heavy (non-hydrogen) atoms. The number of carbonyl (C=O) groups is 1. The van der Waals surface area contributed by atoms with Crippen LogP contribution in [-0.2, 0) is 6.18 Å². The van der Waals surface area contributed by atoms with E-state index in [2.05, 4.69) is 5.16 Å². The van der Waals surface area contributed by atoms with Crippen molar-refractivity contribution in [3.63, 3.8) is 0 Å². The van der Waals surface area contributed by atoms with Crippen molar-refractivity contribution in [2.75, 3.05) is 18.8 Å². The SMILES string of the molecule is Nc1cc(C2CCN(C(=O)c3ccc(C(F)(F)F)c(Cl)c3)C2)no1. The average Bonchev–Trinajstić information content (AvgIpc) is 3.13. The number of nitrogen functional groups attached to an aromatic ring is 1. The van der Waals surface area contributed by atoms with Crippen molar-refractivity contribution in [3.05, 3.63) is 46.1 Å². The van der Waals surface area contributed by atoms with E-state index in [-0.39, 0.29) is 23.3 Å². The van der Waals surface area contributed by atoms with E-state index in [9.17, 15) is 18.0 Å². The Balaban J connectivity index is 1.74. The zero-order chi connectivity index (χ0) is 17.5. The van der Waals surface area contributed by atoms with Gasteiger partial charge in [0.1, 0.15) is 0 Å². The molecule has 0 aliphatic carbocycles. The Hall–Kier alpha value is -2.22. The van der Waals surface area contributed by atoms with Crippen LogP contribution in [0.3, 0.4) is 0 Å². The second-order valence-corrected chi connectivity index (χ2v) is 5.99. The largest absolute Gasteiger partial charge is 0.417 e. The van der Waals surface area contributed by atoms with Crippen molar-refractivity contribution in [1.29, 1.82) is 0 Å². The number of alkyl halides is 3. The molecule has 3 rings (SSSR count). The second-order valence-electron chi connectivity index (χ2n) is 5.58. The molecular formula is C15H13ClF3N3O2. The number of hydrogen-bond acceptors (Lipinski definition) is 4. The highest BCUT2D eigenvalue weighted by Crippen LogP contribution is 2.35. The van der Waals surface area contributed by atoms with Crippen LogP contribution in [0.1, 0.15) is 34.0 Å². The Morgan fingerprint density at radius 3 is 2.71 bits per heavy atom. The van der Waals surface area contributed by atoms with Crippen LogP contribution in [0, 0.1) is 0 Å². The van der Waals surface area contributed by atoms with Crippen LogP contribution in [0.15, 0.2) is 28.8 Å². The predicted octanol–water partition coefficient (Wildman–Crippen LogP) is 3.56. The fourth-order valence-electron chi connectivity index (χ4n) is 2.74. The first-order valence-corrected chi connectivity index (χ1v) is 7.51. The zero-order valence-electron chi connectivity index (χ0n) is 12.3.